The van der Waals surface area contributed by atoms with Gasteiger partial charge in [-0.3, -0.25) is 4.57 Å². The first kappa shape index (κ1) is 40.4. The predicted octanol–water partition coefficient (Wildman–Crippen LogP) is 15.9. The average Bonchev–Trinajstić information content (AvgIpc) is 3.92. The van der Waals surface area contributed by atoms with Crippen LogP contribution in [0, 0.1) is 0 Å². The normalized spacial score (nSPS) is 14.9. The molecule has 0 saturated heterocycles. The highest BCUT2D eigenvalue weighted by atomic mass is 15.2. The van der Waals surface area contributed by atoms with E-state index in [9.17, 15) is 0 Å². The summed E-state index contributed by atoms with van der Waals surface area (Å²) in [6, 6.07) is 82.1. The number of allylic oxidation sites excluding steroid dienone is 4. The molecule has 1 atom stereocenters. The Morgan fingerprint density at radius 2 is 0.899 bits per heavy atom. The molecule has 0 fully saturated rings. The molecule has 0 N–H and O–H groups in total. The SMILES string of the molecule is CC1(c2ccccc2)C=C(c2ccccc2)C=C(c2ccccc2-n2c3ccccc3c3cc4c(cc32)c2ccccc2n4-c2nc(-c3ccccc3)nc(-c3cccc(-c4ccccc4)c3)n2)C1. The number of nitrogens with zero attached hydrogens (tertiary/aromatic N) is 5. The van der Waals surface area contributed by atoms with E-state index in [-0.39, 0.29) is 5.41 Å². The highest BCUT2D eigenvalue weighted by Crippen LogP contribution is 2.46. The summed E-state index contributed by atoms with van der Waals surface area (Å²) in [4.78, 5) is 15.8. The number of fused-ring (bicyclic) bond motifs is 6. The van der Waals surface area contributed by atoms with Crippen molar-refractivity contribution >= 4 is 54.8 Å². The lowest BCUT2D eigenvalue weighted by atomic mass is 9.71. The first-order chi connectivity index (χ1) is 34.1. The Morgan fingerprint density at radius 3 is 1.58 bits per heavy atom. The van der Waals surface area contributed by atoms with E-state index in [4.69, 9.17) is 15.0 Å². The van der Waals surface area contributed by atoms with Gasteiger partial charge in [0.25, 0.3) is 0 Å². The molecule has 12 aromatic rings. The summed E-state index contributed by atoms with van der Waals surface area (Å²) in [6.45, 7) is 2.38. The zero-order chi connectivity index (χ0) is 45.9. The van der Waals surface area contributed by atoms with Crippen LogP contribution in [0.5, 0.6) is 0 Å². The Labute approximate surface area is 400 Å². The molecule has 9 aromatic carbocycles. The minimum absolute atomic E-state index is 0.224. The third-order valence-electron chi connectivity index (χ3n) is 13.9. The molecule has 0 saturated carbocycles. The number of hydrogen-bond acceptors (Lipinski definition) is 3. The van der Waals surface area contributed by atoms with Gasteiger partial charge in [0.05, 0.1) is 27.8 Å². The standard InChI is InChI=1S/C64H45N5/c1-64(50-29-12-5-13-30-50)41-48(44-23-8-3-9-24-44)38-49(42-64)51-31-14-17-34-56(51)68-57-35-18-15-32-52(57)54-40-60-55(39-59(54)68)53-33-16-19-36-58(53)69(60)63-66-61(45-25-10-4-11-26-45)65-62(67-63)47-28-20-27-46(37-47)43-21-6-2-7-22-43/h2-41H,42H2,1H3. The van der Waals surface area contributed by atoms with Crippen molar-refractivity contribution in [3.63, 3.8) is 0 Å². The third-order valence-corrected chi connectivity index (χ3v) is 13.9. The van der Waals surface area contributed by atoms with E-state index < -0.39 is 0 Å². The summed E-state index contributed by atoms with van der Waals surface area (Å²) in [5.74, 6) is 1.80. The predicted molar refractivity (Wildman–Crippen MR) is 286 cm³/mol. The molecule has 326 valence electrons. The van der Waals surface area contributed by atoms with Crippen LogP contribution in [0.15, 0.2) is 243 Å². The van der Waals surface area contributed by atoms with Gasteiger partial charge in [-0.25, -0.2) is 4.98 Å². The molecule has 13 rings (SSSR count). The quantitative estimate of drug-likeness (QED) is 0.153. The average molecular weight is 884 g/mol. The minimum Gasteiger partial charge on any atom is -0.309 e. The maximum Gasteiger partial charge on any atom is 0.238 e. The monoisotopic (exact) mass is 883 g/mol. The molecule has 3 aromatic heterocycles. The van der Waals surface area contributed by atoms with Gasteiger partial charge in [0.2, 0.25) is 5.95 Å². The Kier molecular flexibility index (Phi) is 9.62. The lowest BCUT2D eigenvalue weighted by molar-refractivity contribution is 0.611. The lowest BCUT2D eigenvalue weighted by Crippen LogP contribution is -2.23. The van der Waals surface area contributed by atoms with Crippen molar-refractivity contribution in [1.82, 2.24) is 24.1 Å². The maximum atomic E-state index is 5.35. The fourth-order valence-electron chi connectivity index (χ4n) is 10.7. The molecular formula is C64H45N5. The summed E-state index contributed by atoms with van der Waals surface area (Å²) in [5.41, 5.74) is 15.6. The molecule has 3 heterocycles. The van der Waals surface area contributed by atoms with Crippen LogP contribution in [-0.2, 0) is 5.41 Å². The van der Waals surface area contributed by atoms with E-state index >= 15 is 0 Å². The van der Waals surface area contributed by atoms with Gasteiger partial charge in [-0.2, -0.15) is 9.97 Å². The maximum absolute atomic E-state index is 5.35. The number of rotatable bonds is 8. The number of para-hydroxylation sites is 3. The molecule has 0 radical (unpaired) electrons. The summed E-state index contributed by atoms with van der Waals surface area (Å²) >= 11 is 0. The van der Waals surface area contributed by atoms with Gasteiger partial charge in [0.15, 0.2) is 11.6 Å². The molecule has 0 spiro atoms. The van der Waals surface area contributed by atoms with Crippen LogP contribution in [0.3, 0.4) is 0 Å². The summed E-state index contributed by atoms with van der Waals surface area (Å²) in [5, 5.41) is 4.58. The fourth-order valence-corrected chi connectivity index (χ4v) is 10.7. The van der Waals surface area contributed by atoms with Crippen molar-refractivity contribution in [2.24, 2.45) is 0 Å². The molecule has 1 unspecified atom stereocenters. The lowest BCUT2D eigenvalue weighted by Gasteiger charge is -2.33. The molecule has 69 heavy (non-hydrogen) atoms. The molecule has 0 amide bonds. The van der Waals surface area contributed by atoms with E-state index in [1.807, 2.05) is 24.3 Å². The molecule has 5 heteroatoms. The second-order valence-corrected chi connectivity index (χ2v) is 18.3. The molecule has 0 aliphatic heterocycles. The van der Waals surface area contributed by atoms with E-state index in [1.54, 1.807) is 0 Å². The van der Waals surface area contributed by atoms with Crippen molar-refractivity contribution < 1.29 is 0 Å². The van der Waals surface area contributed by atoms with E-state index in [0.29, 0.717) is 17.6 Å². The van der Waals surface area contributed by atoms with Crippen LogP contribution in [0.1, 0.15) is 30.0 Å². The Hall–Kier alpha value is -8.93. The molecule has 1 aliphatic rings. The van der Waals surface area contributed by atoms with Gasteiger partial charge >= 0.3 is 0 Å². The first-order valence-corrected chi connectivity index (χ1v) is 23.6. The van der Waals surface area contributed by atoms with Crippen LogP contribution < -0.4 is 0 Å². The zero-order valence-corrected chi connectivity index (χ0v) is 38.0. The second kappa shape index (κ2) is 16.4. The van der Waals surface area contributed by atoms with Crippen LogP contribution in [-0.4, -0.2) is 24.1 Å². The Morgan fingerprint density at radius 1 is 0.391 bits per heavy atom. The summed E-state index contributed by atoms with van der Waals surface area (Å²) in [7, 11) is 0. The molecule has 5 nitrogen and oxygen atoms in total. The largest absolute Gasteiger partial charge is 0.309 e. The Bertz CT molecular complexity index is 3980. The van der Waals surface area contributed by atoms with Crippen molar-refractivity contribution in [2.75, 3.05) is 0 Å². The van der Waals surface area contributed by atoms with E-state index in [0.717, 1.165) is 72.6 Å². The van der Waals surface area contributed by atoms with Crippen LogP contribution in [0.25, 0.3) is 100 Å². The van der Waals surface area contributed by atoms with Gasteiger partial charge in [-0.1, -0.05) is 213 Å². The molecule has 0 bridgehead atoms. The van der Waals surface area contributed by atoms with Gasteiger partial charge < -0.3 is 4.57 Å². The van der Waals surface area contributed by atoms with Gasteiger partial charge in [-0.05, 0) is 76.2 Å². The minimum atomic E-state index is -0.224. The first-order valence-electron chi connectivity index (χ1n) is 23.6. The number of hydrogen-bond donors (Lipinski definition) is 0. The number of aromatic nitrogens is 5. The zero-order valence-electron chi connectivity index (χ0n) is 38.0. The summed E-state index contributed by atoms with van der Waals surface area (Å²) in [6.07, 6.45) is 5.74. The van der Waals surface area contributed by atoms with Crippen molar-refractivity contribution in [3.8, 4) is 45.5 Å². The highest BCUT2D eigenvalue weighted by molar-refractivity contribution is 6.19. The highest BCUT2D eigenvalue weighted by Gasteiger charge is 2.31. The van der Waals surface area contributed by atoms with Gasteiger partial charge in [0.1, 0.15) is 0 Å². The van der Waals surface area contributed by atoms with Gasteiger partial charge in [-0.15, -0.1) is 0 Å². The van der Waals surface area contributed by atoms with Crippen LogP contribution in [0.2, 0.25) is 0 Å². The number of benzene rings is 9. The third kappa shape index (κ3) is 6.98. The summed E-state index contributed by atoms with van der Waals surface area (Å²) < 4.78 is 4.72. The van der Waals surface area contributed by atoms with E-state index in [2.05, 4.69) is 234 Å². The van der Waals surface area contributed by atoms with Gasteiger partial charge in [0, 0.05) is 43.7 Å². The van der Waals surface area contributed by atoms with Crippen molar-refractivity contribution in [2.45, 2.75) is 18.8 Å². The smallest absolute Gasteiger partial charge is 0.238 e. The van der Waals surface area contributed by atoms with Crippen LogP contribution in [0.4, 0.5) is 0 Å². The second-order valence-electron chi connectivity index (χ2n) is 18.3. The Balaban J connectivity index is 1.03. The van der Waals surface area contributed by atoms with Crippen LogP contribution >= 0.6 is 0 Å². The fraction of sp³-hybridized carbons (Fsp3) is 0.0469. The molecular weight excluding hydrogens is 839 g/mol. The van der Waals surface area contributed by atoms with Crippen molar-refractivity contribution in [1.29, 1.82) is 0 Å². The van der Waals surface area contributed by atoms with Crippen molar-refractivity contribution in [3.05, 3.63) is 259 Å². The topological polar surface area (TPSA) is 48.5 Å². The van der Waals surface area contributed by atoms with E-state index in [1.165, 1.54) is 33.2 Å². The molecule has 1 aliphatic carbocycles.